The van der Waals surface area contributed by atoms with Gasteiger partial charge in [0.2, 0.25) is 0 Å². The lowest BCUT2D eigenvalue weighted by molar-refractivity contribution is 0.543. The fourth-order valence-corrected chi connectivity index (χ4v) is 2.17. The van der Waals surface area contributed by atoms with Crippen molar-refractivity contribution < 1.29 is 0 Å². The van der Waals surface area contributed by atoms with E-state index >= 15 is 0 Å². The average molecular weight is 299 g/mol. The van der Waals surface area contributed by atoms with Crippen molar-refractivity contribution in [2.75, 3.05) is 18.4 Å². The molecule has 0 amide bonds. The monoisotopic (exact) mass is 298 g/mol. The second-order valence-electron chi connectivity index (χ2n) is 5.26. The van der Waals surface area contributed by atoms with Crippen LogP contribution in [0.4, 0.5) is 5.69 Å². The Balaban J connectivity index is 1.81. The molecule has 0 atom stereocenters. The van der Waals surface area contributed by atoms with Gasteiger partial charge in [-0.05, 0) is 32.2 Å². The molecule has 0 aromatic carbocycles. The van der Waals surface area contributed by atoms with Gasteiger partial charge in [0.25, 0.3) is 5.56 Å². The number of nitrogens with zero attached hydrogens (tertiary/aromatic N) is 2. The fraction of sp³-hybridized carbons (Fsp3) is 0.714. The van der Waals surface area contributed by atoms with Crippen LogP contribution in [0, 0.1) is 0 Å². The van der Waals surface area contributed by atoms with Crippen molar-refractivity contribution in [1.29, 1.82) is 0 Å². The summed E-state index contributed by atoms with van der Waals surface area (Å²) in [5, 5.41) is 11.0. The standard InChI is InChI=1S/C14H23ClN4O/c1-2-3-9-19-14(20)13(15)12(10-18-19)17-8-4-7-16-11-5-6-11/h10-11,16-17H,2-9H2,1H3. The highest BCUT2D eigenvalue weighted by Gasteiger charge is 2.19. The molecule has 1 saturated carbocycles. The maximum atomic E-state index is 12.0. The molecule has 20 heavy (non-hydrogen) atoms. The molecule has 5 nitrogen and oxygen atoms in total. The average Bonchev–Trinajstić information content (AvgIpc) is 3.26. The maximum absolute atomic E-state index is 12.0. The molecule has 1 aliphatic rings. The second kappa shape index (κ2) is 7.64. The minimum atomic E-state index is -0.207. The highest BCUT2D eigenvalue weighted by atomic mass is 35.5. The summed E-state index contributed by atoms with van der Waals surface area (Å²) in [5.74, 6) is 0. The van der Waals surface area contributed by atoms with Gasteiger partial charge in [0.15, 0.2) is 0 Å². The van der Waals surface area contributed by atoms with E-state index in [1.807, 2.05) is 0 Å². The summed E-state index contributed by atoms with van der Waals surface area (Å²) in [7, 11) is 0. The predicted molar refractivity (Wildman–Crippen MR) is 82.5 cm³/mol. The molecule has 6 heteroatoms. The van der Waals surface area contributed by atoms with Gasteiger partial charge in [-0.2, -0.15) is 5.10 Å². The molecule has 2 rings (SSSR count). The summed E-state index contributed by atoms with van der Waals surface area (Å²) >= 11 is 6.10. The van der Waals surface area contributed by atoms with E-state index < -0.39 is 0 Å². The van der Waals surface area contributed by atoms with E-state index in [1.54, 1.807) is 6.20 Å². The number of unbranched alkanes of at least 4 members (excludes halogenated alkanes) is 1. The molecule has 1 fully saturated rings. The Bertz CT molecular complexity index is 485. The zero-order chi connectivity index (χ0) is 14.4. The van der Waals surface area contributed by atoms with Crippen LogP contribution in [0.25, 0.3) is 0 Å². The van der Waals surface area contributed by atoms with Gasteiger partial charge in [-0.15, -0.1) is 0 Å². The van der Waals surface area contributed by atoms with E-state index in [1.165, 1.54) is 17.5 Å². The van der Waals surface area contributed by atoms with Crippen molar-refractivity contribution in [3.8, 4) is 0 Å². The van der Waals surface area contributed by atoms with E-state index in [4.69, 9.17) is 11.6 Å². The molecule has 0 saturated heterocycles. The van der Waals surface area contributed by atoms with Crippen LogP contribution >= 0.6 is 11.6 Å². The minimum Gasteiger partial charge on any atom is -0.382 e. The van der Waals surface area contributed by atoms with Crippen molar-refractivity contribution in [2.45, 2.75) is 51.6 Å². The number of halogens is 1. The molecule has 112 valence electrons. The molecule has 1 aromatic rings. The van der Waals surface area contributed by atoms with Crippen LogP contribution in [0.2, 0.25) is 5.02 Å². The zero-order valence-corrected chi connectivity index (χ0v) is 12.7. The number of aryl methyl sites for hydroxylation is 1. The van der Waals surface area contributed by atoms with Crippen LogP contribution in [-0.2, 0) is 6.54 Å². The molecule has 2 N–H and O–H groups in total. The van der Waals surface area contributed by atoms with E-state index in [0.29, 0.717) is 12.2 Å². The van der Waals surface area contributed by atoms with E-state index in [2.05, 4.69) is 22.7 Å². The van der Waals surface area contributed by atoms with Crippen LogP contribution in [0.5, 0.6) is 0 Å². The first-order valence-electron chi connectivity index (χ1n) is 7.45. The van der Waals surface area contributed by atoms with Gasteiger partial charge < -0.3 is 10.6 Å². The Kier molecular flexibility index (Phi) is 5.86. The van der Waals surface area contributed by atoms with Crippen molar-refractivity contribution in [2.24, 2.45) is 0 Å². The second-order valence-corrected chi connectivity index (χ2v) is 5.64. The quantitative estimate of drug-likeness (QED) is 0.687. The van der Waals surface area contributed by atoms with Crippen LogP contribution in [-0.4, -0.2) is 28.9 Å². The number of nitrogens with one attached hydrogen (secondary N) is 2. The van der Waals surface area contributed by atoms with Gasteiger partial charge in [-0.25, -0.2) is 4.68 Å². The largest absolute Gasteiger partial charge is 0.382 e. The fourth-order valence-electron chi connectivity index (χ4n) is 1.96. The molecule has 0 aliphatic heterocycles. The molecule has 1 aromatic heterocycles. The van der Waals surface area contributed by atoms with Crippen molar-refractivity contribution in [3.05, 3.63) is 21.6 Å². The summed E-state index contributed by atoms with van der Waals surface area (Å²) < 4.78 is 1.44. The lowest BCUT2D eigenvalue weighted by Crippen LogP contribution is -2.25. The number of aromatic nitrogens is 2. The molecule has 1 aliphatic carbocycles. The van der Waals surface area contributed by atoms with Crippen LogP contribution in [0.3, 0.4) is 0 Å². The summed E-state index contributed by atoms with van der Waals surface area (Å²) in [6.45, 7) is 4.49. The third-order valence-corrected chi connectivity index (χ3v) is 3.75. The first-order valence-corrected chi connectivity index (χ1v) is 7.83. The Labute approximate surface area is 124 Å². The summed E-state index contributed by atoms with van der Waals surface area (Å²) in [5.41, 5.74) is 0.428. The van der Waals surface area contributed by atoms with E-state index in [-0.39, 0.29) is 10.6 Å². The van der Waals surface area contributed by atoms with Crippen molar-refractivity contribution in [1.82, 2.24) is 15.1 Å². The first-order chi connectivity index (χ1) is 9.72. The predicted octanol–water partition coefficient (Wildman–Crippen LogP) is 2.25. The van der Waals surface area contributed by atoms with Gasteiger partial charge in [0.1, 0.15) is 5.02 Å². The van der Waals surface area contributed by atoms with Crippen LogP contribution in [0.15, 0.2) is 11.0 Å². The molecule has 0 bridgehead atoms. The molecular weight excluding hydrogens is 276 g/mol. The Morgan fingerprint density at radius 1 is 1.40 bits per heavy atom. The third-order valence-electron chi connectivity index (χ3n) is 3.39. The number of rotatable bonds is 9. The minimum absolute atomic E-state index is 0.207. The van der Waals surface area contributed by atoms with Crippen LogP contribution < -0.4 is 16.2 Å². The normalized spacial score (nSPS) is 14.5. The lowest BCUT2D eigenvalue weighted by Gasteiger charge is -2.10. The molecule has 0 unspecified atom stereocenters. The third kappa shape index (κ3) is 4.49. The van der Waals surface area contributed by atoms with Gasteiger partial charge in [0, 0.05) is 19.1 Å². The zero-order valence-electron chi connectivity index (χ0n) is 12.0. The van der Waals surface area contributed by atoms with E-state index in [9.17, 15) is 4.79 Å². The number of hydrogen-bond acceptors (Lipinski definition) is 4. The smallest absolute Gasteiger partial charge is 0.287 e. The van der Waals surface area contributed by atoms with Crippen LogP contribution in [0.1, 0.15) is 39.0 Å². The summed E-state index contributed by atoms with van der Waals surface area (Å²) in [6.07, 6.45) is 7.22. The molecule has 0 spiro atoms. The number of hydrogen-bond donors (Lipinski definition) is 2. The van der Waals surface area contributed by atoms with Gasteiger partial charge in [0.05, 0.1) is 11.9 Å². The Morgan fingerprint density at radius 2 is 2.20 bits per heavy atom. The maximum Gasteiger partial charge on any atom is 0.287 e. The molecule has 1 heterocycles. The van der Waals surface area contributed by atoms with Gasteiger partial charge in [-0.1, -0.05) is 24.9 Å². The number of anilines is 1. The van der Waals surface area contributed by atoms with Crippen molar-refractivity contribution in [3.63, 3.8) is 0 Å². The van der Waals surface area contributed by atoms with Gasteiger partial charge >= 0.3 is 0 Å². The SMILES string of the molecule is CCCCn1ncc(NCCCNC2CC2)c(Cl)c1=O. The van der Waals surface area contributed by atoms with Crippen molar-refractivity contribution >= 4 is 17.3 Å². The first kappa shape index (κ1) is 15.3. The molecule has 0 radical (unpaired) electrons. The Morgan fingerprint density at radius 3 is 2.90 bits per heavy atom. The summed E-state index contributed by atoms with van der Waals surface area (Å²) in [4.78, 5) is 12.0. The highest BCUT2D eigenvalue weighted by molar-refractivity contribution is 6.32. The molecular formula is C14H23ClN4O. The topological polar surface area (TPSA) is 59.0 Å². The van der Waals surface area contributed by atoms with Gasteiger partial charge in [-0.3, -0.25) is 4.79 Å². The lowest BCUT2D eigenvalue weighted by atomic mass is 10.3. The summed E-state index contributed by atoms with van der Waals surface area (Å²) in [6, 6.07) is 0.739. The Hall–Kier alpha value is -1.07. The van der Waals surface area contributed by atoms with E-state index in [0.717, 1.165) is 38.4 Å². The highest BCUT2D eigenvalue weighted by Crippen LogP contribution is 2.18.